The van der Waals surface area contributed by atoms with Gasteiger partial charge in [0.05, 0.1) is 5.56 Å². The average Bonchev–Trinajstić information content (AvgIpc) is 3.03. The minimum absolute atomic E-state index is 0.0723. The van der Waals surface area contributed by atoms with Crippen molar-refractivity contribution in [1.29, 1.82) is 0 Å². The van der Waals surface area contributed by atoms with E-state index in [4.69, 9.17) is 14.4 Å². The molecule has 0 unspecified atom stereocenters. The summed E-state index contributed by atoms with van der Waals surface area (Å²) in [7, 11) is 0. The SMILES string of the molecule is O=C(O)c1cccc(OCc2nc(-c3ccccc3)no2)c1. The number of aromatic carboxylic acids is 1. The molecular weight excluding hydrogens is 284 g/mol. The molecule has 22 heavy (non-hydrogen) atoms. The molecule has 0 bridgehead atoms. The monoisotopic (exact) mass is 296 g/mol. The van der Waals surface area contributed by atoms with Crippen molar-refractivity contribution in [3.8, 4) is 17.1 Å². The van der Waals surface area contributed by atoms with E-state index in [1.807, 2.05) is 30.3 Å². The van der Waals surface area contributed by atoms with Crippen molar-refractivity contribution >= 4 is 5.97 Å². The maximum absolute atomic E-state index is 10.9. The number of rotatable bonds is 5. The molecule has 110 valence electrons. The van der Waals surface area contributed by atoms with Gasteiger partial charge in [-0.05, 0) is 18.2 Å². The predicted molar refractivity (Wildman–Crippen MR) is 77.5 cm³/mol. The van der Waals surface area contributed by atoms with Crippen molar-refractivity contribution in [2.24, 2.45) is 0 Å². The second-order valence-corrected chi connectivity index (χ2v) is 4.50. The zero-order valence-corrected chi connectivity index (χ0v) is 11.5. The topological polar surface area (TPSA) is 85.5 Å². The molecule has 0 radical (unpaired) electrons. The van der Waals surface area contributed by atoms with Crippen LogP contribution in [0.1, 0.15) is 16.2 Å². The Morgan fingerprint density at radius 1 is 1.14 bits per heavy atom. The molecule has 0 saturated heterocycles. The molecule has 6 heteroatoms. The van der Waals surface area contributed by atoms with Crippen molar-refractivity contribution < 1.29 is 19.2 Å². The highest BCUT2D eigenvalue weighted by molar-refractivity contribution is 5.87. The quantitative estimate of drug-likeness (QED) is 0.779. The van der Waals surface area contributed by atoms with E-state index in [1.165, 1.54) is 12.1 Å². The van der Waals surface area contributed by atoms with E-state index >= 15 is 0 Å². The molecule has 1 heterocycles. The molecule has 0 saturated carbocycles. The Labute approximate surface area is 126 Å². The Morgan fingerprint density at radius 3 is 2.73 bits per heavy atom. The van der Waals surface area contributed by atoms with Crippen LogP contribution in [-0.2, 0) is 6.61 Å². The van der Waals surface area contributed by atoms with Crippen molar-refractivity contribution in [1.82, 2.24) is 10.1 Å². The molecular formula is C16H12N2O4. The third-order valence-corrected chi connectivity index (χ3v) is 2.94. The van der Waals surface area contributed by atoms with Gasteiger partial charge < -0.3 is 14.4 Å². The molecule has 3 rings (SSSR count). The Balaban J connectivity index is 1.69. The van der Waals surface area contributed by atoms with E-state index in [0.717, 1.165) is 5.56 Å². The maximum Gasteiger partial charge on any atom is 0.335 e. The number of benzene rings is 2. The van der Waals surface area contributed by atoms with Gasteiger partial charge in [-0.25, -0.2) is 4.79 Å². The molecule has 0 fully saturated rings. The molecule has 1 aromatic heterocycles. The Hall–Kier alpha value is -3.15. The van der Waals surface area contributed by atoms with Crippen LogP contribution in [0.5, 0.6) is 5.75 Å². The number of carboxylic acids is 1. The van der Waals surface area contributed by atoms with Crippen LogP contribution in [0.25, 0.3) is 11.4 Å². The molecule has 0 amide bonds. The summed E-state index contributed by atoms with van der Waals surface area (Å²) in [5, 5.41) is 12.8. The van der Waals surface area contributed by atoms with Crippen molar-refractivity contribution in [2.45, 2.75) is 6.61 Å². The van der Waals surface area contributed by atoms with Gasteiger partial charge in [-0.1, -0.05) is 41.6 Å². The van der Waals surface area contributed by atoms with Crippen molar-refractivity contribution in [3.63, 3.8) is 0 Å². The van der Waals surface area contributed by atoms with Crippen LogP contribution in [-0.4, -0.2) is 21.2 Å². The van der Waals surface area contributed by atoms with Crippen LogP contribution in [0.15, 0.2) is 59.1 Å². The van der Waals surface area contributed by atoms with Crippen LogP contribution >= 0.6 is 0 Å². The molecule has 0 aliphatic heterocycles. The summed E-state index contributed by atoms with van der Waals surface area (Å²) in [4.78, 5) is 15.1. The van der Waals surface area contributed by atoms with Crippen LogP contribution in [0.3, 0.4) is 0 Å². The summed E-state index contributed by atoms with van der Waals surface area (Å²) >= 11 is 0. The van der Waals surface area contributed by atoms with Crippen LogP contribution < -0.4 is 4.74 Å². The summed E-state index contributed by atoms with van der Waals surface area (Å²) in [6.07, 6.45) is 0. The molecule has 0 atom stereocenters. The lowest BCUT2D eigenvalue weighted by atomic mass is 10.2. The average molecular weight is 296 g/mol. The van der Waals surface area contributed by atoms with Gasteiger partial charge in [-0.15, -0.1) is 0 Å². The second-order valence-electron chi connectivity index (χ2n) is 4.50. The fourth-order valence-electron chi connectivity index (χ4n) is 1.88. The van der Waals surface area contributed by atoms with Crippen LogP contribution in [0.2, 0.25) is 0 Å². The lowest BCUT2D eigenvalue weighted by Crippen LogP contribution is -1.99. The Morgan fingerprint density at radius 2 is 1.95 bits per heavy atom. The molecule has 2 aromatic carbocycles. The van der Waals surface area contributed by atoms with E-state index in [1.54, 1.807) is 12.1 Å². The smallest absolute Gasteiger partial charge is 0.335 e. The summed E-state index contributed by atoms with van der Waals surface area (Å²) in [5.74, 6) is 0.229. The largest absolute Gasteiger partial charge is 0.484 e. The van der Waals surface area contributed by atoms with Gasteiger partial charge in [0, 0.05) is 5.56 Å². The normalized spacial score (nSPS) is 10.4. The van der Waals surface area contributed by atoms with Crippen LogP contribution in [0, 0.1) is 0 Å². The van der Waals surface area contributed by atoms with Crippen molar-refractivity contribution in [2.75, 3.05) is 0 Å². The van der Waals surface area contributed by atoms with Gasteiger partial charge in [0.15, 0.2) is 6.61 Å². The molecule has 1 N–H and O–H groups in total. The van der Waals surface area contributed by atoms with E-state index in [0.29, 0.717) is 17.5 Å². The first kappa shape index (κ1) is 13.8. The zero-order valence-electron chi connectivity index (χ0n) is 11.5. The number of hydrogen-bond acceptors (Lipinski definition) is 5. The van der Waals surface area contributed by atoms with Crippen molar-refractivity contribution in [3.05, 3.63) is 66.1 Å². The Bertz CT molecular complexity index is 784. The van der Waals surface area contributed by atoms with Gasteiger partial charge in [0.25, 0.3) is 5.89 Å². The molecule has 3 aromatic rings. The van der Waals surface area contributed by atoms with Crippen LogP contribution in [0.4, 0.5) is 0 Å². The summed E-state index contributed by atoms with van der Waals surface area (Å²) in [5.41, 5.74) is 1.01. The molecule has 0 aliphatic rings. The number of hydrogen-bond donors (Lipinski definition) is 1. The predicted octanol–water partition coefficient (Wildman–Crippen LogP) is 3.01. The van der Waals surface area contributed by atoms with Gasteiger partial charge >= 0.3 is 5.97 Å². The first-order valence-corrected chi connectivity index (χ1v) is 6.56. The lowest BCUT2D eigenvalue weighted by Gasteiger charge is -2.03. The third-order valence-electron chi connectivity index (χ3n) is 2.94. The highest BCUT2D eigenvalue weighted by atomic mass is 16.5. The summed E-state index contributed by atoms with van der Waals surface area (Å²) < 4.78 is 10.6. The summed E-state index contributed by atoms with van der Waals surface area (Å²) in [6, 6.07) is 15.7. The minimum atomic E-state index is -1.00. The number of aromatic nitrogens is 2. The highest BCUT2D eigenvalue weighted by Crippen LogP contribution is 2.17. The van der Waals surface area contributed by atoms with E-state index in [-0.39, 0.29) is 12.2 Å². The number of nitrogens with zero attached hydrogens (tertiary/aromatic N) is 2. The lowest BCUT2D eigenvalue weighted by molar-refractivity contribution is 0.0696. The maximum atomic E-state index is 10.9. The van der Waals surface area contributed by atoms with E-state index in [2.05, 4.69) is 10.1 Å². The molecule has 0 aliphatic carbocycles. The first-order valence-electron chi connectivity index (χ1n) is 6.56. The number of ether oxygens (including phenoxy) is 1. The van der Waals surface area contributed by atoms with Gasteiger partial charge in [0.1, 0.15) is 5.75 Å². The molecule has 6 nitrogen and oxygen atoms in total. The zero-order chi connectivity index (χ0) is 15.4. The van der Waals surface area contributed by atoms with E-state index < -0.39 is 5.97 Å². The molecule has 0 spiro atoms. The highest BCUT2D eigenvalue weighted by Gasteiger charge is 2.09. The fraction of sp³-hybridized carbons (Fsp3) is 0.0625. The number of carboxylic acid groups (broad SMARTS) is 1. The third kappa shape index (κ3) is 3.12. The summed E-state index contributed by atoms with van der Waals surface area (Å²) in [6.45, 7) is 0.0723. The fourth-order valence-corrected chi connectivity index (χ4v) is 1.88. The first-order chi connectivity index (χ1) is 10.7. The van der Waals surface area contributed by atoms with E-state index in [9.17, 15) is 4.79 Å². The van der Waals surface area contributed by atoms with Gasteiger partial charge in [-0.3, -0.25) is 0 Å². The Kier molecular flexibility index (Phi) is 3.82. The minimum Gasteiger partial charge on any atom is -0.484 e. The number of carbonyl (C=O) groups is 1. The van der Waals surface area contributed by atoms with Gasteiger partial charge in [-0.2, -0.15) is 4.98 Å². The second kappa shape index (κ2) is 6.09. The standard InChI is InChI=1S/C16H12N2O4/c19-16(20)12-7-4-8-13(9-12)21-10-14-17-15(18-22-14)11-5-2-1-3-6-11/h1-9H,10H2,(H,19,20). The van der Waals surface area contributed by atoms with Gasteiger partial charge in [0.2, 0.25) is 5.82 Å².